The van der Waals surface area contributed by atoms with Gasteiger partial charge >= 0.3 is 0 Å². The van der Waals surface area contributed by atoms with Gasteiger partial charge in [-0.3, -0.25) is 0 Å². The highest BCUT2D eigenvalue weighted by molar-refractivity contribution is 7.17. The SMILES string of the molecule is CCOc1cccnc1N1CCN(c2ncnc3ccsc23)CC1. The maximum absolute atomic E-state index is 5.71. The number of nitrogens with zero attached hydrogens (tertiary/aromatic N) is 5. The summed E-state index contributed by atoms with van der Waals surface area (Å²) in [5.74, 6) is 2.83. The second-order valence-electron chi connectivity index (χ2n) is 5.56. The molecule has 124 valence electrons. The van der Waals surface area contributed by atoms with E-state index >= 15 is 0 Å². The first kappa shape index (κ1) is 15.1. The summed E-state index contributed by atoms with van der Waals surface area (Å²) >= 11 is 1.70. The van der Waals surface area contributed by atoms with Gasteiger partial charge in [-0.15, -0.1) is 11.3 Å². The smallest absolute Gasteiger partial charge is 0.171 e. The van der Waals surface area contributed by atoms with E-state index < -0.39 is 0 Å². The number of ether oxygens (including phenoxy) is 1. The third-order valence-corrected chi connectivity index (χ3v) is 5.05. The van der Waals surface area contributed by atoms with Crippen LogP contribution in [0.5, 0.6) is 5.75 Å². The third-order valence-electron chi connectivity index (χ3n) is 4.15. The molecule has 1 saturated heterocycles. The first-order chi connectivity index (χ1) is 11.9. The molecule has 0 unspecified atom stereocenters. The molecule has 1 fully saturated rings. The van der Waals surface area contributed by atoms with Gasteiger partial charge in [-0.2, -0.15) is 0 Å². The largest absolute Gasteiger partial charge is 0.490 e. The molecule has 24 heavy (non-hydrogen) atoms. The van der Waals surface area contributed by atoms with E-state index in [-0.39, 0.29) is 0 Å². The quantitative estimate of drug-likeness (QED) is 0.727. The van der Waals surface area contributed by atoms with Crippen LogP contribution in [-0.2, 0) is 0 Å². The molecule has 3 aromatic rings. The van der Waals surface area contributed by atoms with Gasteiger partial charge in [0, 0.05) is 32.4 Å². The maximum atomic E-state index is 5.71. The Bertz CT molecular complexity index is 828. The predicted molar refractivity (Wildman–Crippen MR) is 97.2 cm³/mol. The van der Waals surface area contributed by atoms with Gasteiger partial charge in [0.1, 0.15) is 12.1 Å². The lowest BCUT2D eigenvalue weighted by molar-refractivity contribution is 0.338. The van der Waals surface area contributed by atoms with Crippen molar-refractivity contribution in [2.24, 2.45) is 0 Å². The van der Waals surface area contributed by atoms with Gasteiger partial charge in [-0.05, 0) is 30.5 Å². The van der Waals surface area contributed by atoms with Crippen LogP contribution in [0.15, 0.2) is 36.1 Å². The molecule has 0 aromatic carbocycles. The molecule has 0 saturated carbocycles. The van der Waals surface area contributed by atoms with Crippen LogP contribution in [-0.4, -0.2) is 47.7 Å². The molecule has 3 aromatic heterocycles. The van der Waals surface area contributed by atoms with Crippen molar-refractivity contribution in [1.29, 1.82) is 0 Å². The Kier molecular flexibility index (Phi) is 4.17. The molecule has 6 nitrogen and oxygen atoms in total. The van der Waals surface area contributed by atoms with Gasteiger partial charge in [-0.1, -0.05) is 0 Å². The monoisotopic (exact) mass is 341 g/mol. The number of hydrogen-bond donors (Lipinski definition) is 0. The summed E-state index contributed by atoms with van der Waals surface area (Å²) in [6, 6.07) is 5.95. The Morgan fingerprint density at radius 2 is 1.83 bits per heavy atom. The molecule has 0 amide bonds. The highest BCUT2D eigenvalue weighted by atomic mass is 32.1. The molecule has 0 atom stereocenters. The van der Waals surface area contributed by atoms with Crippen molar-refractivity contribution in [1.82, 2.24) is 15.0 Å². The molecular formula is C17H19N5OS. The Hall–Kier alpha value is -2.41. The molecule has 0 bridgehead atoms. The number of rotatable bonds is 4. The maximum Gasteiger partial charge on any atom is 0.171 e. The van der Waals surface area contributed by atoms with Crippen molar-refractivity contribution in [3.63, 3.8) is 0 Å². The van der Waals surface area contributed by atoms with Crippen LogP contribution in [0.4, 0.5) is 11.6 Å². The summed E-state index contributed by atoms with van der Waals surface area (Å²) in [7, 11) is 0. The van der Waals surface area contributed by atoms with Crippen LogP contribution in [0.25, 0.3) is 10.2 Å². The summed E-state index contributed by atoms with van der Waals surface area (Å²) in [5.41, 5.74) is 1.02. The van der Waals surface area contributed by atoms with E-state index in [2.05, 4.69) is 30.1 Å². The zero-order valence-corrected chi connectivity index (χ0v) is 14.4. The van der Waals surface area contributed by atoms with Crippen LogP contribution >= 0.6 is 11.3 Å². The van der Waals surface area contributed by atoms with Crippen LogP contribution in [0.1, 0.15) is 6.92 Å². The lowest BCUT2D eigenvalue weighted by atomic mass is 10.3. The van der Waals surface area contributed by atoms with Crippen LogP contribution < -0.4 is 14.5 Å². The summed E-state index contributed by atoms with van der Waals surface area (Å²) in [6.45, 7) is 6.26. The Morgan fingerprint density at radius 3 is 2.62 bits per heavy atom. The average Bonchev–Trinajstić information content (AvgIpc) is 3.11. The van der Waals surface area contributed by atoms with Crippen molar-refractivity contribution < 1.29 is 4.74 Å². The second-order valence-corrected chi connectivity index (χ2v) is 6.48. The molecule has 7 heteroatoms. The van der Waals surface area contributed by atoms with E-state index in [0.717, 1.165) is 49.1 Å². The van der Waals surface area contributed by atoms with Gasteiger partial charge in [0.2, 0.25) is 0 Å². The molecular weight excluding hydrogens is 322 g/mol. The number of fused-ring (bicyclic) bond motifs is 1. The number of hydrogen-bond acceptors (Lipinski definition) is 7. The molecule has 0 radical (unpaired) electrons. The van der Waals surface area contributed by atoms with Gasteiger partial charge in [-0.25, -0.2) is 15.0 Å². The minimum absolute atomic E-state index is 0.649. The van der Waals surface area contributed by atoms with Gasteiger partial charge in [0.15, 0.2) is 11.6 Å². The predicted octanol–water partition coefficient (Wildman–Crippen LogP) is 2.81. The molecule has 0 aliphatic carbocycles. The minimum atomic E-state index is 0.649. The summed E-state index contributed by atoms with van der Waals surface area (Å²) in [4.78, 5) is 18.0. The van der Waals surface area contributed by atoms with E-state index in [0.29, 0.717) is 6.61 Å². The van der Waals surface area contributed by atoms with Crippen LogP contribution in [0.3, 0.4) is 0 Å². The average molecular weight is 341 g/mol. The zero-order valence-electron chi connectivity index (χ0n) is 13.6. The highest BCUT2D eigenvalue weighted by Crippen LogP contribution is 2.30. The van der Waals surface area contributed by atoms with E-state index in [9.17, 15) is 0 Å². The normalized spacial score (nSPS) is 15.0. The van der Waals surface area contributed by atoms with Gasteiger partial charge in [0.05, 0.1) is 16.8 Å². The van der Waals surface area contributed by atoms with Crippen molar-refractivity contribution >= 4 is 33.2 Å². The molecule has 0 N–H and O–H groups in total. The summed E-state index contributed by atoms with van der Waals surface area (Å²) in [6.07, 6.45) is 3.48. The number of anilines is 2. The van der Waals surface area contributed by atoms with E-state index in [1.165, 1.54) is 4.70 Å². The van der Waals surface area contributed by atoms with Crippen LogP contribution in [0.2, 0.25) is 0 Å². The number of pyridine rings is 1. The second kappa shape index (κ2) is 6.60. The first-order valence-corrected chi connectivity index (χ1v) is 9.00. The van der Waals surface area contributed by atoms with E-state index in [4.69, 9.17) is 4.74 Å². The molecule has 4 heterocycles. The number of piperazine rings is 1. The fourth-order valence-corrected chi connectivity index (χ4v) is 3.88. The molecule has 0 spiro atoms. The fraction of sp³-hybridized carbons (Fsp3) is 0.353. The van der Waals surface area contributed by atoms with Crippen LogP contribution in [0, 0.1) is 0 Å². The Balaban J connectivity index is 1.52. The molecule has 1 aliphatic rings. The summed E-state index contributed by atoms with van der Waals surface area (Å²) < 4.78 is 6.88. The summed E-state index contributed by atoms with van der Waals surface area (Å²) in [5, 5.41) is 2.07. The topological polar surface area (TPSA) is 54.4 Å². The standard InChI is InChI=1S/C17H19N5OS/c1-2-23-14-4-3-6-18-16(14)21-7-9-22(10-8-21)17-15-13(5-11-24-15)19-12-20-17/h3-6,11-12H,2,7-10H2,1H3. The lowest BCUT2D eigenvalue weighted by Gasteiger charge is -2.36. The number of aromatic nitrogens is 3. The number of thiophene rings is 1. The fourth-order valence-electron chi connectivity index (χ4n) is 3.02. The van der Waals surface area contributed by atoms with E-state index in [1.807, 2.05) is 31.3 Å². The Morgan fingerprint density at radius 1 is 1.04 bits per heavy atom. The van der Waals surface area contributed by atoms with Gasteiger partial charge in [0.25, 0.3) is 0 Å². The van der Waals surface area contributed by atoms with Crippen molar-refractivity contribution in [3.05, 3.63) is 36.1 Å². The van der Waals surface area contributed by atoms with E-state index in [1.54, 1.807) is 17.7 Å². The highest BCUT2D eigenvalue weighted by Gasteiger charge is 2.23. The van der Waals surface area contributed by atoms with Gasteiger partial charge < -0.3 is 14.5 Å². The first-order valence-electron chi connectivity index (χ1n) is 8.12. The lowest BCUT2D eigenvalue weighted by Crippen LogP contribution is -2.47. The third kappa shape index (κ3) is 2.75. The van der Waals surface area contributed by atoms with Crippen molar-refractivity contribution in [2.75, 3.05) is 42.6 Å². The molecule has 1 aliphatic heterocycles. The Labute approximate surface area is 144 Å². The zero-order chi connectivity index (χ0) is 16.4. The van der Waals surface area contributed by atoms with Crippen molar-refractivity contribution in [2.45, 2.75) is 6.92 Å². The minimum Gasteiger partial charge on any atom is -0.490 e. The molecule has 4 rings (SSSR count). The van der Waals surface area contributed by atoms with Crippen molar-refractivity contribution in [3.8, 4) is 5.75 Å².